The van der Waals surface area contributed by atoms with Gasteiger partial charge in [-0.15, -0.1) is 0 Å². The highest BCUT2D eigenvalue weighted by molar-refractivity contribution is 9.10. The molecule has 0 unspecified atom stereocenters. The van der Waals surface area contributed by atoms with Gasteiger partial charge in [-0.25, -0.2) is 0 Å². The normalized spacial score (nSPS) is 10.8. The Morgan fingerprint density at radius 2 is 1.50 bits per heavy atom. The number of benzene rings is 2. The fourth-order valence-electron chi connectivity index (χ4n) is 1.99. The van der Waals surface area contributed by atoms with E-state index >= 15 is 0 Å². The van der Waals surface area contributed by atoms with Crippen molar-refractivity contribution in [3.05, 3.63) is 63.0 Å². The van der Waals surface area contributed by atoms with Crippen LogP contribution in [0.1, 0.15) is 0 Å². The maximum absolute atomic E-state index is 6.02. The van der Waals surface area contributed by atoms with Crippen LogP contribution < -0.4 is 0 Å². The number of halogens is 3. The molecule has 0 saturated heterocycles. The van der Waals surface area contributed by atoms with Crippen LogP contribution in [0.5, 0.6) is 0 Å². The Labute approximate surface area is 134 Å². The quantitative estimate of drug-likeness (QED) is 0.607. The van der Waals surface area contributed by atoms with Gasteiger partial charge in [-0.3, -0.25) is 5.10 Å². The number of hydrogen-bond acceptors (Lipinski definition) is 1. The average molecular weight is 368 g/mol. The van der Waals surface area contributed by atoms with Crippen LogP contribution in [0.2, 0.25) is 10.0 Å². The third-order valence-corrected chi connectivity index (χ3v) is 4.16. The number of H-pyrrole nitrogens is 1. The van der Waals surface area contributed by atoms with Gasteiger partial charge in [-0.2, -0.15) is 5.10 Å². The second-order valence-corrected chi connectivity index (χ2v) is 5.95. The molecule has 0 aliphatic carbocycles. The summed E-state index contributed by atoms with van der Waals surface area (Å²) >= 11 is 15.6. The first-order valence-electron chi connectivity index (χ1n) is 5.91. The van der Waals surface area contributed by atoms with Gasteiger partial charge in [0, 0.05) is 21.2 Å². The average Bonchev–Trinajstić information content (AvgIpc) is 2.80. The molecule has 0 aliphatic rings. The van der Waals surface area contributed by atoms with Crippen molar-refractivity contribution in [1.82, 2.24) is 10.2 Å². The Kier molecular flexibility index (Phi) is 3.83. The first-order valence-corrected chi connectivity index (χ1v) is 7.46. The van der Waals surface area contributed by atoms with E-state index in [1.165, 1.54) is 0 Å². The van der Waals surface area contributed by atoms with Crippen molar-refractivity contribution in [2.45, 2.75) is 0 Å². The van der Waals surface area contributed by atoms with Crippen LogP contribution >= 0.6 is 39.1 Å². The molecule has 100 valence electrons. The van der Waals surface area contributed by atoms with E-state index in [0.717, 1.165) is 27.0 Å². The second-order valence-electron chi connectivity index (χ2n) is 4.28. The molecule has 0 bridgehead atoms. The van der Waals surface area contributed by atoms with E-state index < -0.39 is 0 Å². The van der Waals surface area contributed by atoms with Gasteiger partial charge in [-0.1, -0.05) is 47.5 Å². The summed E-state index contributed by atoms with van der Waals surface area (Å²) in [5.74, 6) is 0. The first-order chi connectivity index (χ1) is 9.65. The summed E-state index contributed by atoms with van der Waals surface area (Å²) in [7, 11) is 0. The van der Waals surface area contributed by atoms with Crippen molar-refractivity contribution in [3.63, 3.8) is 0 Å². The van der Waals surface area contributed by atoms with Gasteiger partial charge in [0.25, 0.3) is 0 Å². The molecule has 2 nitrogen and oxygen atoms in total. The van der Waals surface area contributed by atoms with E-state index in [9.17, 15) is 0 Å². The van der Waals surface area contributed by atoms with Crippen LogP contribution in [-0.4, -0.2) is 10.2 Å². The molecule has 0 atom stereocenters. The lowest BCUT2D eigenvalue weighted by Gasteiger charge is -2.01. The Balaban J connectivity index is 2.09. The van der Waals surface area contributed by atoms with E-state index in [0.29, 0.717) is 10.0 Å². The minimum absolute atomic E-state index is 0.682. The largest absolute Gasteiger partial charge is 0.276 e. The lowest BCUT2D eigenvalue weighted by Crippen LogP contribution is -1.79. The Hall–Kier alpha value is -1.29. The van der Waals surface area contributed by atoms with Crippen LogP contribution in [0.4, 0.5) is 0 Å². The van der Waals surface area contributed by atoms with Gasteiger partial charge in [-0.05, 0) is 40.2 Å². The topological polar surface area (TPSA) is 28.7 Å². The first kappa shape index (κ1) is 13.7. The van der Waals surface area contributed by atoms with E-state index in [4.69, 9.17) is 23.2 Å². The smallest absolute Gasteiger partial charge is 0.107 e. The number of nitrogens with one attached hydrogen (secondary N) is 1. The summed E-state index contributed by atoms with van der Waals surface area (Å²) in [4.78, 5) is 0. The van der Waals surface area contributed by atoms with Gasteiger partial charge in [0.1, 0.15) is 5.69 Å². The van der Waals surface area contributed by atoms with Crippen molar-refractivity contribution in [3.8, 4) is 22.5 Å². The molecule has 2 aromatic carbocycles. The second kappa shape index (κ2) is 5.60. The zero-order chi connectivity index (χ0) is 14.1. The molecule has 3 aromatic rings. The molecule has 0 radical (unpaired) electrons. The highest BCUT2D eigenvalue weighted by atomic mass is 79.9. The van der Waals surface area contributed by atoms with Gasteiger partial charge >= 0.3 is 0 Å². The third-order valence-electron chi connectivity index (χ3n) is 2.92. The summed E-state index contributed by atoms with van der Waals surface area (Å²) in [5, 5.41) is 8.77. The van der Waals surface area contributed by atoms with Gasteiger partial charge < -0.3 is 0 Å². The number of aromatic amines is 1. The molecular weight excluding hydrogens is 359 g/mol. The van der Waals surface area contributed by atoms with Crippen molar-refractivity contribution < 1.29 is 0 Å². The van der Waals surface area contributed by atoms with Crippen LogP contribution in [0.25, 0.3) is 22.5 Å². The molecule has 1 heterocycles. The number of nitrogens with zero attached hydrogens (tertiary/aromatic N) is 1. The monoisotopic (exact) mass is 366 g/mol. The third kappa shape index (κ3) is 2.62. The maximum atomic E-state index is 6.02. The number of aromatic nitrogens is 2. The Bertz CT molecular complexity index is 705. The van der Waals surface area contributed by atoms with Gasteiger partial charge in [0.2, 0.25) is 0 Å². The van der Waals surface area contributed by atoms with E-state index in [-0.39, 0.29) is 0 Å². The van der Waals surface area contributed by atoms with E-state index in [1.54, 1.807) is 0 Å². The molecule has 0 spiro atoms. The molecule has 0 fully saturated rings. The van der Waals surface area contributed by atoms with Crippen molar-refractivity contribution in [2.24, 2.45) is 0 Å². The Morgan fingerprint density at radius 3 is 2.15 bits per heavy atom. The number of hydrogen-bond donors (Lipinski definition) is 1. The van der Waals surface area contributed by atoms with E-state index in [2.05, 4.69) is 26.1 Å². The molecule has 1 N–H and O–H groups in total. The minimum Gasteiger partial charge on any atom is -0.276 e. The standard InChI is InChI=1S/C15H9BrCl2N2/c16-13-14(9-3-1-5-11(17)7-9)19-20-15(13)10-4-2-6-12(18)8-10/h1-8H,(H,19,20). The fraction of sp³-hybridized carbons (Fsp3) is 0. The molecule has 20 heavy (non-hydrogen) atoms. The van der Waals surface area contributed by atoms with Gasteiger partial charge in [0.15, 0.2) is 0 Å². The molecule has 0 amide bonds. The van der Waals surface area contributed by atoms with E-state index in [1.807, 2.05) is 48.5 Å². The molecular formula is C15H9BrCl2N2. The SMILES string of the molecule is Clc1cccc(-c2n[nH]c(-c3cccc(Cl)c3)c2Br)c1. The Morgan fingerprint density at radius 1 is 0.900 bits per heavy atom. The van der Waals surface area contributed by atoms with Crippen molar-refractivity contribution in [1.29, 1.82) is 0 Å². The summed E-state index contributed by atoms with van der Waals surface area (Å²) in [6, 6.07) is 15.2. The molecule has 1 aromatic heterocycles. The van der Waals surface area contributed by atoms with Crippen molar-refractivity contribution in [2.75, 3.05) is 0 Å². The predicted octanol–water partition coefficient (Wildman–Crippen LogP) is 5.81. The maximum Gasteiger partial charge on any atom is 0.107 e. The summed E-state index contributed by atoms with van der Waals surface area (Å²) in [6.45, 7) is 0. The lowest BCUT2D eigenvalue weighted by molar-refractivity contribution is 1.10. The highest BCUT2D eigenvalue weighted by Crippen LogP contribution is 2.35. The summed E-state index contributed by atoms with van der Waals surface area (Å²) in [6.07, 6.45) is 0. The number of rotatable bonds is 2. The van der Waals surface area contributed by atoms with Crippen LogP contribution in [0, 0.1) is 0 Å². The predicted molar refractivity (Wildman–Crippen MR) is 87.2 cm³/mol. The van der Waals surface area contributed by atoms with Crippen molar-refractivity contribution >= 4 is 39.1 Å². The van der Waals surface area contributed by atoms with Crippen LogP contribution in [-0.2, 0) is 0 Å². The summed E-state index contributed by atoms with van der Waals surface area (Å²) in [5.41, 5.74) is 3.64. The molecule has 0 saturated carbocycles. The zero-order valence-corrected chi connectivity index (χ0v) is 13.3. The van der Waals surface area contributed by atoms with Crippen LogP contribution in [0.15, 0.2) is 53.0 Å². The molecule has 0 aliphatic heterocycles. The molecule has 5 heteroatoms. The summed E-state index contributed by atoms with van der Waals surface area (Å²) < 4.78 is 0.891. The molecule has 3 rings (SSSR count). The highest BCUT2D eigenvalue weighted by Gasteiger charge is 2.14. The zero-order valence-electron chi connectivity index (χ0n) is 10.2. The fourth-order valence-corrected chi connectivity index (χ4v) is 3.01. The lowest BCUT2D eigenvalue weighted by atomic mass is 10.1. The minimum atomic E-state index is 0.682. The van der Waals surface area contributed by atoms with Crippen LogP contribution in [0.3, 0.4) is 0 Å². The van der Waals surface area contributed by atoms with Gasteiger partial charge in [0.05, 0.1) is 10.2 Å².